The summed E-state index contributed by atoms with van der Waals surface area (Å²) in [5.41, 5.74) is 0. The Balaban J connectivity index is 4.58. The third-order valence-corrected chi connectivity index (χ3v) is 9.48. The number of unbranched alkanes of at least 4 members (excludes halogenated alkanes) is 16. The molecule has 292 valence electrons. The summed E-state index contributed by atoms with van der Waals surface area (Å²) in [5, 5.41) is 13.7. The summed E-state index contributed by atoms with van der Waals surface area (Å²) in [6.45, 7) is 4.70. The Labute approximate surface area is 308 Å². The van der Waals surface area contributed by atoms with Crippen LogP contribution in [0.1, 0.15) is 155 Å². The summed E-state index contributed by atoms with van der Waals surface area (Å²) in [7, 11) is 1.53. The van der Waals surface area contributed by atoms with E-state index in [2.05, 4.69) is 55.6 Å². The normalized spacial score (nSPS) is 15.1. The van der Waals surface area contributed by atoms with Crippen LogP contribution in [0.2, 0.25) is 0 Å². The number of nitrogens with zero attached hydrogens (tertiary/aromatic N) is 1. The Morgan fingerprint density at radius 1 is 0.660 bits per heavy atom. The number of carbonyl (C=O) groups is 1. The van der Waals surface area contributed by atoms with E-state index in [1.807, 2.05) is 27.2 Å². The van der Waals surface area contributed by atoms with E-state index in [1.54, 1.807) is 6.08 Å². The Hall–Kier alpha value is -1.54. The number of aliphatic hydroxyl groups is 1. The largest absolute Gasteiger partial charge is 0.472 e. The molecule has 0 fully saturated rings. The smallest absolute Gasteiger partial charge is 0.387 e. The number of nitrogens with one attached hydrogen (secondary N) is 1. The van der Waals surface area contributed by atoms with E-state index in [9.17, 15) is 19.4 Å². The standard InChI is InChI=1S/C41H77N2O6P/c1-6-8-10-12-14-16-18-19-20-21-22-23-24-25-26-28-30-32-34-40(44)39(38-49-50(46,47)48-37-36-43(3,4)5)42-41(45)35-33-31-29-27-17-15-13-11-9-7-2/h13,15,21-22,25-26,32,34,39-40,44H,6-12,14,16-20,23-24,27-31,33,35-38H2,1-5H3,(H-,42,45,46,47)/p+1/b15-13-,22-21+,26-25+,34-32+. The van der Waals surface area contributed by atoms with E-state index in [0.717, 1.165) is 64.2 Å². The third kappa shape index (κ3) is 34.9. The van der Waals surface area contributed by atoms with Gasteiger partial charge in [0.2, 0.25) is 5.91 Å². The van der Waals surface area contributed by atoms with Crippen molar-refractivity contribution in [1.29, 1.82) is 0 Å². The molecule has 0 spiro atoms. The van der Waals surface area contributed by atoms with Crippen LogP contribution in [0, 0.1) is 0 Å². The molecule has 1 amide bonds. The van der Waals surface area contributed by atoms with Gasteiger partial charge in [-0.05, 0) is 64.2 Å². The molecule has 0 saturated carbocycles. The van der Waals surface area contributed by atoms with E-state index in [4.69, 9.17) is 9.05 Å². The number of allylic oxidation sites excluding steroid dienone is 7. The number of carbonyl (C=O) groups excluding carboxylic acids is 1. The number of likely N-dealkylation sites (N-methyl/N-ethyl adjacent to an activating group) is 1. The van der Waals surface area contributed by atoms with Gasteiger partial charge in [-0.3, -0.25) is 13.8 Å². The predicted molar refractivity (Wildman–Crippen MR) is 212 cm³/mol. The minimum absolute atomic E-state index is 0.0500. The van der Waals surface area contributed by atoms with Crippen molar-refractivity contribution in [2.24, 2.45) is 0 Å². The molecule has 3 N–H and O–H groups in total. The topological polar surface area (TPSA) is 105 Å². The number of quaternary nitrogens is 1. The molecule has 0 aromatic rings. The monoisotopic (exact) mass is 726 g/mol. The molecule has 9 heteroatoms. The van der Waals surface area contributed by atoms with Gasteiger partial charge in [-0.25, -0.2) is 4.57 Å². The Morgan fingerprint density at radius 2 is 1.12 bits per heavy atom. The van der Waals surface area contributed by atoms with Crippen LogP contribution in [-0.4, -0.2) is 73.4 Å². The molecule has 0 aromatic heterocycles. The first-order valence-corrected chi connectivity index (χ1v) is 21.5. The van der Waals surface area contributed by atoms with Crippen LogP contribution in [0.3, 0.4) is 0 Å². The highest BCUT2D eigenvalue weighted by molar-refractivity contribution is 7.47. The van der Waals surface area contributed by atoms with Crippen LogP contribution in [0.4, 0.5) is 0 Å². The zero-order valence-corrected chi connectivity index (χ0v) is 33.8. The molecule has 8 nitrogen and oxygen atoms in total. The van der Waals surface area contributed by atoms with Gasteiger partial charge in [0.15, 0.2) is 0 Å². The Kier molecular flexibility index (Phi) is 32.3. The lowest BCUT2D eigenvalue weighted by atomic mass is 10.1. The molecule has 0 aromatic carbocycles. The number of amides is 1. The average Bonchev–Trinajstić information content (AvgIpc) is 3.06. The molecule has 0 aliphatic carbocycles. The lowest BCUT2D eigenvalue weighted by Gasteiger charge is -2.25. The van der Waals surface area contributed by atoms with Crippen molar-refractivity contribution in [3.63, 3.8) is 0 Å². The predicted octanol–water partition coefficient (Wildman–Crippen LogP) is 10.5. The molecule has 0 radical (unpaired) electrons. The third-order valence-electron chi connectivity index (χ3n) is 8.50. The lowest BCUT2D eigenvalue weighted by molar-refractivity contribution is -0.870. The van der Waals surface area contributed by atoms with E-state index in [-0.39, 0.29) is 19.1 Å². The van der Waals surface area contributed by atoms with Crippen molar-refractivity contribution in [2.45, 2.75) is 167 Å². The molecule has 50 heavy (non-hydrogen) atoms. The van der Waals surface area contributed by atoms with Crippen molar-refractivity contribution in [3.8, 4) is 0 Å². The van der Waals surface area contributed by atoms with E-state index < -0.39 is 20.0 Å². The van der Waals surface area contributed by atoms with Gasteiger partial charge in [0.1, 0.15) is 13.2 Å². The number of aliphatic hydroxyl groups excluding tert-OH is 1. The highest BCUT2D eigenvalue weighted by atomic mass is 31.2. The van der Waals surface area contributed by atoms with Crippen molar-refractivity contribution in [3.05, 3.63) is 48.6 Å². The lowest BCUT2D eigenvalue weighted by Crippen LogP contribution is -2.45. The molecule has 0 saturated heterocycles. The zero-order valence-electron chi connectivity index (χ0n) is 32.9. The first kappa shape index (κ1) is 48.5. The first-order valence-electron chi connectivity index (χ1n) is 20.0. The van der Waals surface area contributed by atoms with Crippen LogP contribution in [-0.2, 0) is 18.4 Å². The molecule has 0 aliphatic heterocycles. The maximum atomic E-state index is 12.8. The fourth-order valence-corrected chi connectivity index (χ4v) is 5.96. The van der Waals surface area contributed by atoms with Crippen LogP contribution in [0.15, 0.2) is 48.6 Å². The van der Waals surface area contributed by atoms with Crippen LogP contribution >= 0.6 is 7.82 Å². The molecule has 3 atom stereocenters. The molecular weight excluding hydrogens is 647 g/mol. The number of phosphoric ester groups is 1. The van der Waals surface area contributed by atoms with Gasteiger partial charge in [-0.2, -0.15) is 0 Å². The number of rotatable bonds is 35. The van der Waals surface area contributed by atoms with Crippen LogP contribution in [0.25, 0.3) is 0 Å². The fraction of sp³-hybridized carbons (Fsp3) is 0.780. The van der Waals surface area contributed by atoms with Gasteiger partial charge >= 0.3 is 7.82 Å². The summed E-state index contributed by atoms with van der Waals surface area (Å²) >= 11 is 0. The highest BCUT2D eigenvalue weighted by Gasteiger charge is 2.27. The zero-order chi connectivity index (χ0) is 37.2. The molecule has 0 heterocycles. The van der Waals surface area contributed by atoms with Gasteiger partial charge in [0.05, 0.1) is 39.9 Å². The Morgan fingerprint density at radius 3 is 1.66 bits per heavy atom. The van der Waals surface area contributed by atoms with Gasteiger partial charge in [-0.15, -0.1) is 0 Å². The number of hydrogen-bond donors (Lipinski definition) is 3. The summed E-state index contributed by atoms with van der Waals surface area (Å²) in [6.07, 6.45) is 40.4. The first-order chi connectivity index (χ1) is 24.0. The maximum absolute atomic E-state index is 12.8. The molecule has 0 rings (SSSR count). The van der Waals surface area contributed by atoms with Gasteiger partial charge in [0, 0.05) is 6.42 Å². The summed E-state index contributed by atoms with van der Waals surface area (Å²) in [4.78, 5) is 22.9. The molecule has 0 aliphatic rings. The Bertz CT molecular complexity index is 959. The average molecular weight is 726 g/mol. The van der Waals surface area contributed by atoms with Gasteiger partial charge in [0.25, 0.3) is 0 Å². The molecular formula is C41H78N2O6P+. The fourth-order valence-electron chi connectivity index (χ4n) is 5.23. The molecule has 0 bridgehead atoms. The quantitative estimate of drug-likeness (QED) is 0.0260. The number of hydrogen-bond acceptors (Lipinski definition) is 5. The van der Waals surface area contributed by atoms with Crippen LogP contribution < -0.4 is 5.32 Å². The minimum Gasteiger partial charge on any atom is -0.387 e. The summed E-state index contributed by atoms with van der Waals surface area (Å²) in [5.74, 6) is -0.209. The van der Waals surface area contributed by atoms with E-state index >= 15 is 0 Å². The van der Waals surface area contributed by atoms with Crippen molar-refractivity contribution in [1.82, 2.24) is 5.32 Å². The second-order valence-corrected chi connectivity index (χ2v) is 16.1. The minimum atomic E-state index is -4.34. The summed E-state index contributed by atoms with van der Waals surface area (Å²) < 4.78 is 23.4. The van der Waals surface area contributed by atoms with Crippen molar-refractivity contribution < 1.29 is 32.9 Å². The van der Waals surface area contributed by atoms with Gasteiger partial charge in [-0.1, -0.05) is 133 Å². The van der Waals surface area contributed by atoms with E-state index in [0.29, 0.717) is 17.4 Å². The molecule has 3 unspecified atom stereocenters. The van der Waals surface area contributed by atoms with Crippen molar-refractivity contribution >= 4 is 13.7 Å². The maximum Gasteiger partial charge on any atom is 0.472 e. The van der Waals surface area contributed by atoms with E-state index in [1.165, 1.54) is 70.6 Å². The SMILES string of the molecule is CCCC/C=C\CCCCCCC(=O)NC(COP(=O)(O)OCC[N+](C)(C)C)C(O)/C=C/CC/C=C/CC/C=C/CCCCCCCCCC. The second-order valence-electron chi connectivity index (χ2n) is 14.6. The van der Waals surface area contributed by atoms with Crippen LogP contribution in [0.5, 0.6) is 0 Å². The second kappa shape index (κ2) is 33.3. The highest BCUT2D eigenvalue weighted by Crippen LogP contribution is 2.43. The number of phosphoric acid groups is 1. The summed E-state index contributed by atoms with van der Waals surface area (Å²) in [6, 6.07) is -0.873. The van der Waals surface area contributed by atoms with Crippen molar-refractivity contribution in [2.75, 3.05) is 40.9 Å². The van der Waals surface area contributed by atoms with Gasteiger partial charge < -0.3 is 19.8 Å².